The zero-order chi connectivity index (χ0) is 28.7. The molecule has 1 atom stereocenters. The summed E-state index contributed by atoms with van der Waals surface area (Å²) in [5.74, 6) is -1.89. The Morgan fingerprint density at radius 2 is 1.61 bits per heavy atom. The Balaban J connectivity index is 2.12. The first kappa shape index (κ1) is 30.4. The molecule has 2 rings (SSSR count). The summed E-state index contributed by atoms with van der Waals surface area (Å²) in [7, 11) is -4.03. The molecule has 2 aromatic rings. The highest BCUT2D eigenvalue weighted by Gasteiger charge is 2.38. The summed E-state index contributed by atoms with van der Waals surface area (Å²) in [6, 6.07) is 8.36. The second kappa shape index (κ2) is 12.1. The molecule has 1 unspecified atom stereocenters. The topological polar surface area (TPSA) is 109 Å². The van der Waals surface area contributed by atoms with Gasteiger partial charge >= 0.3 is 12.1 Å². The minimum atomic E-state index is -5.04. The number of nitrogens with one attached hydrogen (secondary N) is 4. The van der Waals surface area contributed by atoms with Crippen molar-refractivity contribution < 1.29 is 31.2 Å². The molecule has 0 aromatic heterocycles. The smallest absolute Gasteiger partial charge is 0.381 e. The Bertz CT molecular complexity index is 1350. The monoisotopic (exact) mass is 552 g/mol. The number of sulfonamides is 1. The zero-order valence-corrected chi connectivity index (χ0v) is 22.7. The first-order chi connectivity index (χ1) is 17.5. The third kappa shape index (κ3) is 8.92. The third-order valence-electron chi connectivity index (χ3n) is 5.60. The molecule has 0 radical (unpaired) electrons. The van der Waals surface area contributed by atoms with Crippen molar-refractivity contribution in [3.63, 3.8) is 0 Å². The Kier molecular flexibility index (Phi) is 9.70. The number of carbonyl (C=O) groups is 1. The van der Waals surface area contributed by atoms with Gasteiger partial charge in [0.2, 0.25) is 0 Å². The van der Waals surface area contributed by atoms with Gasteiger partial charge in [-0.3, -0.25) is 20.4 Å². The average molecular weight is 553 g/mol. The summed E-state index contributed by atoms with van der Waals surface area (Å²) >= 11 is 0. The first-order valence-electron chi connectivity index (χ1n) is 11.5. The highest BCUT2D eigenvalue weighted by atomic mass is 32.2. The summed E-state index contributed by atoms with van der Waals surface area (Å²) in [6.07, 6.45) is -1.89. The fraction of sp³-hybridized carbons (Fsp3) is 0.346. The fourth-order valence-electron chi connectivity index (χ4n) is 2.84. The van der Waals surface area contributed by atoms with Gasteiger partial charge in [0.25, 0.3) is 10.0 Å². The number of amides is 1. The maximum absolute atomic E-state index is 13.0. The van der Waals surface area contributed by atoms with Crippen LogP contribution >= 0.6 is 0 Å². The van der Waals surface area contributed by atoms with Gasteiger partial charge in [0, 0.05) is 5.69 Å². The molecule has 0 bridgehead atoms. The molecule has 0 aliphatic carbocycles. The van der Waals surface area contributed by atoms with Gasteiger partial charge in [0.1, 0.15) is 0 Å². The van der Waals surface area contributed by atoms with E-state index in [0.717, 1.165) is 5.56 Å². The van der Waals surface area contributed by atoms with Crippen molar-refractivity contribution in [3.05, 3.63) is 71.3 Å². The van der Waals surface area contributed by atoms with Crippen molar-refractivity contribution in [2.45, 2.75) is 52.6 Å². The Labute approximate surface area is 220 Å². The van der Waals surface area contributed by atoms with Crippen LogP contribution in [0, 0.1) is 25.2 Å². The molecular formula is C26H31F3N4O4S. The van der Waals surface area contributed by atoms with Crippen LogP contribution in [0.4, 0.5) is 30.2 Å². The standard InChI is InChI=1S/C26H31F3N4O4S/c1-17-15-18(2)23(16-22(17)32-37-14-8-7-9-19(3)25(4,5)6)38(35,36)33-21-12-10-20(11-13-21)30-31-24(34)26(27,28)29/h9-16,19,30,32-33H,1-6H3,(H,31,34). The lowest BCUT2D eigenvalue weighted by atomic mass is 9.82. The average Bonchev–Trinajstić information content (AvgIpc) is 2.79. The lowest BCUT2D eigenvalue weighted by Crippen LogP contribution is -2.40. The van der Waals surface area contributed by atoms with Crippen molar-refractivity contribution in [2.24, 2.45) is 11.3 Å². The minimum absolute atomic E-state index is 0.00717. The molecule has 0 aliphatic heterocycles. The van der Waals surface area contributed by atoms with Crippen molar-refractivity contribution >= 4 is 33.0 Å². The van der Waals surface area contributed by atoms with Crippen LogP contribution in [0.3, 0.4) is 0 Å². The molecule has 4 N–H and O–H groups in total. The van der Waals surface area contributed by atoms with Gasteiger partial charge in [0.15, 0.2) is 6.26 Å². The number of hydrogen-bond donors (Lipinski definition) is 4. The molecule has 0 aliphatic rings. The van der Waals surface area contributed by atoms with Gasteiger partial charge in [0.05, 0.1) is 16.3 Å². The Hall–Kier alpha value is -3.85. The summed E-state index contributed by atoms with van der Waals surface area (Å²) in [5.41, 5.74) is 14.0. The maximum Gasteiger partial charge on any atom is 0.472 e. The van der Waals surface area contributed by atoms with Crippen molar-refractivity contribution in [2.75, 3.05) is 15.6 Å². The number of rotatable bonds is 9. The number of allylic oxidation sites excluding steroid dienone is 1. The van der Waals surface area contributed by atoms with E-state index in [4.69, 9.17) is 4.84 Å². The van der Waals surface area contributed by atoms with Crippen molar-refractivity contribution in [1.29, 1.82) is 0 Å². The van der Waals surface area contributed by atoms with Gasteiger partial charge < -0.3 is 4.84 Å². The van der Waals surface area contributed by atoms with Crippen molar-refractivity contribution in [1.82, 2.24) is 5.43 Å². The summed E-state index contributed by atoms with van der Waals surface area (Å²) < 4.78 is 65.3. The molecular weight excluding hydrogens is 521 g/mol. The van der Waals surface area contributed by atoms with E-state index in [1.54, 1.807) is 19.9 Å². The number of aryl methyl sites for hydroxylation is 2. The Morgan fingerprint density at radius 3 is 2.18 bits per heavy atom. The van der Waals surface area contributed by atoms with Crippen LogP contribution in [-0.4, -0.2) is 20.5 Å². The predicted molar refractivity (Wildman–Crippen MR) is 140 cm³/mol. The van der Waals surface area contributed by atoms with Crippen molar-refractivity contribution in [3.8, 4) is 0 Å². The lowest BCUT2D eigenvalue weighted by Gasteiger charge is -2.23. The number of hydrazine groups is 1. The van der Waals surface area contributed by atoms with Crippen LogP contribution < -0.4 is 21.1 Å². The summed E-state index contributed by atoms with van der Waals surface area (Å²) in [6.45, 7) is 11.9. The molecule has 12 heteroatoms. The zero-order valence-electron chi connectivity index (χ0n) is 21.9. The van der Waals surface area contributed by atoms with Crippen LogP contribution in [0.5, 0.6) is 0 Å². The first-order valence-corrected chi connectivity index (χ1v) is 12.9. The number of halogens is 3. The molecule has 1 amide bonds. The second-order valence-corrected chi connectivity index (χ2v) is 11.3. The quantitative estimate of drug-likeness (QED) is 0.174. The van der Waals surface area contributed by atoms with E-state index in [0.29, 0.717) is 11.3 Å². The summed E-state index contributed by atoms with van der Waals surface area (Å²) in [5, 5.41) is 0. The fourth-order valence-corrected chi connectivity index (χ4v) is 4.16. The molecule has 0 fully saturated rings. The predicted octanol–water partition coefficient (Wildman–Crippen LogP) is 5.96. The van der Waals surface area contributed by atoms with Crippen LogP contribution in [-0.2, 0) is 19.7 Å². The third-order valence-corrected chi connectivity index (χ3v) is 7.12. The summed E-state index contributed by atoms with van der Waals surface area (Å²) in [4.78, 5) is 16.2. The molecule has 38 heavy (non-hydrogen) atoms. The van der Waals surface area contributed by atoms with Crippen LogP contribution in [0.25, 0.3) is 0 Å². The van der Waals surface area contributed by atoms with E-state index in [-0.39, 0.29) is 27.6 Å². The highest BCUT2D eigenvalue weighted by Crippen LogP contribution is 2.27. The number of anilines is 3. The van der Waals surface area contributed by atoms with Gasteiger partial charge in [-0.05, 0) is 78.4 Å². The van der Waals surface area contributed by atoms with Crippen LogP contribution in [0.2, 0.25) is 0 Å². The molecule has 0 heterocycles. The van der Waals surface area contributed by atoms with E-state index >= 15 is 0 Å². The molecule has 8 nitrogen and oxygen atoms in total. The number of benzene rings is 2. The van der Waals surface area contributed by atoms with Crippen LogP contribution in [0.15, 0.2) is 65.1 Å². The maximum atomic E-state index is 13.0. The van der Waals surface area contributed by atoms with E-state index in [2.05, 4.69) is 54.8 Å². The van der Waals surface area contributed by atoms with Gasteiger partial charge in [-0.2, -0.15) is 13.2 Å². The SMILES string of the molecule is Cc1cc(C)c(S(=O)(=O)Nc2ccc(NNC(=O)C(F)(F)F)cc2)cc1NOC=C=C=CC(C)C(C)(C)C. The van der Waals surface area contributed by atoms with E-state index in [9.17, 15) is 26.4 Å². The van der Waals surface area contributed by atoms with Gasteiger partial charge in [-0.25, -0.2) is 13.9 Å². The molecule has 0 saturated heterocycles. The van der Waals surface area contributed by atoms with Crippen LogP contribution in [0.1, 0.15) is 38.8 Å². The van der Waals surface area contributed by atoms with Gasteiger partial charge in [-0.15, -0.1) is 0 Å². The minimum Gasteiger partial charge on any atom is -0.381 e. The number of carbonyl (C=O) groups excluding carboxylic acids is 1. The number of hydrogen-bond acceptors (Lipinski definition) is 6. The molecule has 0 saturated carbocycles. The van der Waals surface area contributed by atoms with E-state index in [1.165, 1.54) is 42.0 Å². The van der Waals surface area contributed by atoms with Gasteiger partial charge in [-0.1, -0.05) is 39.5 Å². The van der Waals surface area contributed by atoms with E-state index < -0.39 is 22.1 Å². The second-order valence-electron chi connectivity index (χ2n) is 9.64. The molecule has 2 aromatic carbocycles. The molecule has 206 valence electrons. The molecule has 0 spiro atoms. The highest BCUT2D eigenvalue weighted by molar-refractivity contribution is 7.92. The normalized spacial score (nSPS) is 12.3. The lowest BCUT2D eigenvalue weighted by molar-refractivity contribution is -0.173. The van der Waals surface area contributed by atoms with E-state index in [1.807, 2.05) is 6.08 Å². The largest absolute Gasteiger partial charge is 0.472 e. The Morgan fingerprint density at radius 1 is 1.00 bits per heavy atom. The number of alkyl halides is 3.